The highest BCUT2D eigenvalue weighted by molar-refractivity contribution is 7.10. The molecule has 1 amide bonds. The third-order valence-electron chi connectivity index (χ3n) is 6.65. The fourth-order valence-electron chi connectivity index (χ4n) is 5.17. The van der Waals surface area contributed by atoms with E-state index in [1.165, 1.54) is 16.0 Å². The van der Waals surface area contributed by atoms with Crippen LogP contribution in [0, 0.1) is 0 Å². The molecule has 1 aromatic heterocycles. The molecular weight excluding hydrogens is 420 g/mol. The van der Waals surface area contributed by atoms with Crippen molar-refractivity contribution in [3.05, 3.63) is 57.3 Å². The fourth-order valence-corrected chi connectivity index (χ4v) is 5.98. The van der Waals surface area contributed by atoms with Crippen LogP contribution in [0.3, 0.4) is 0 Å². The van der Waals surface area contributed by atoms with Crippen molar-refractivity contribution < 1.29 is 14.6 Å². The van der Waals surface area contributed by atoms with Gasteiger partial charge in [0.15, 0.2) is 0 Å². The van der Waals surface area contributed by atoms with Crippen LogP contribution in [-0.2, 0) is 24.1 Å². The number of thiophene rings is 1. The summed E-state index contributed by atoms with van der Waals surface area (Å²) in [6, 6.07) is 10.6. The maximum Gasteiger partial charge on any atom is 0.254 e. The molecule has 1 aromatic carbocycles. The van der Waals surface area contributed by atoms with Gasteiger partial charge < -0.3 is 14.7 Å². The Morgan fingerprint density at radius 3 is 2.59 bits per heavy atom. The topological polar surface area (TPSA) is 53.0 Å². The number of hydrogen-bond donors (Lipinski definition) is 1. The van der Waals surface area contributed by atoms with Gasteiger partial charge in [0.2, 0.25) is 0 Å². The number of aryl methyl sites for hydroxylation is 1. The van der Waals surface area contributed by atoms with Crippen molar-refractivity contribution in [3.8, 4) is 0 Å². The number of aliphatic hydroxyl groups is 1. The molecule has 32 heavy (non-hydrogen) atoms. The summed E-state index contributed by atoms with van der Waals surface area (Å²) in [6.45, 7) is 10.7. The van der Waals surface area contributed by atoms with E-state index in [4.69, 9.17) is 4.74 Å². The number of likely N-dealkylation sites (tertiary alicyclic amines) is 1. The summed E-state index contributed by atoms with van der Waals surface area (Å²) in [7, 11) is 0. The van der Waals surface area contributed by atoms with Crippen molar-refractivity contribution >= 4 is 17.2 Å². The first-order chi connectivity index (χ1) is 15.3. The predicted molar refractivity (Wildman–Crippen MR) is 129 cm³/mol. The van der Waals surface area contributed by atoms with Gasteiger partial charge in [0.05, 0.1) is 23.3 Å². The Labute approximate surface area is 196 Å². The maximum atomic E-state index is 13.3. The van der Waals surface area contributed by atoms with Crippen LogP contribution in [0.15, 0.2) is 35.7 Å². The molecule has 174 valence electrons. The van der Waals surface area contributed by atoms with Crippen LogP contribution in [0.1, 0.15) is 60.0 Å². The minimum Gasteiger partial charge on any atom is -0.396 e. The zero-order chi connectivity index (χ0) is 22.8. The third-order valence-corrected chi connectivity index (χ3v) is 7.73. The van der Waals surface area contributed by atoms with Crippen LogP contribution in [0.4, 0.5) is 0 Å². The van der Waals surface area contributed by atoms with Crippen LogP contribution >= 0.6 is 11.3 Å². The van der Waals surface area contributed by atoms with Gasteiger partial charge in [-0.15, -0.1) is 11.3 Å². The molecule has 1 N–H and O–H groups in total. The fraction of sp³-hybridized carbons (Fsp3) is 0.577. The first-order valence-electron chi connectivity index (χ1n) is 11.8. The molecule has 1 spiro atoms. The summed E-state index contributed by atoms with van der Waals surface area (Å²) in [5.74, 6) is 0.139. The van der Waals surface area contributed by atoms with Crippen molar-refractivity contribution in [1.82, 2.24) is 9.80 Å². The Morgan fingerprint density at radius 1 is 1.16 bits per heavy atom. The van der Waals surface area contributed by atoms with Gasteiger partial charge in [-0.2, -0.15) is 0 Å². The molecule has 0 saturated carbocycles. The third kappa shape index (κ3) is 5.42. The number of piperidine rings is 1. The van der Waals surface area contributed by atoms with E-state index in [9.17, 15) is 9.90 Å². The quantitative estimate of drug-likeness (QED) is 0.710. The van der Waals surface area contributed by atoms with Crippen molar-refractivity contribution in [2.75, 3.05) is 32.8 Å². The molecule has 0 radical (unpaired) electrons. The number of nitrogens with zero attached hydrogens (tertiary/aromatic N) is 2. The molecule has 6 heteroatoms. The van der Waals surface area contributed by atoms with E-state index in [0.717, 1.165) is 44.5 Å². The molecule has 4 rings (SSSR count). The van der Waals surface area contributed by atoms with E-state index in [1.807, 2.05) is 10.3 Å². The lowest BCUT2D eigenvalue weighted by Gasteiger charge is -2.53. The molecule has 2 aliphatic heterocycles. The van der Waals surface area contributed by atoms with E-state index >= 15 is 0 Å². The summed E-state index contributed by atoms with van der Waals surface area (Å²) >= 11 is 1.67. The Bertz CT molecular complexity index is 931. The lowest BCUT2D eigenvalue weighted by Crippen LogP contribution is -2.63. The van der Waals surface area contributed by atoms with Gasteiger partial charge in [0.1, 0.15) is 0 Å². The highest BCUT2D eigenvalue weighted by atomic mass is 32.1. The van der Waals surface area contributed by atoms with Crippen LogP contribution in [-0.4, -0.2) is 64.8 Å². The second-order valence-electron chi connectivity index (χ2n) is 9.93. The number of ether oxygens (including phenoxy) is 1. The first kappa shape index (κ1) is 23.4. The second-order valence-corrected chi connectivity index (χ2v) is 10.9. The van der Waals surface area contributed by atoms with Crippen molar-refractivity contribution in [2.24, 2.45) is 0 Å². The molecule has 2 aromatic rings. The first-order valence-corrected chi connectivity index (χ1v) is 12.7. The number of carbonyl (C=O) groups excluding carboxylic acids is 1. The molecule has 2 aliphatic rings. The van der Waals surface area contributed by atoms with Gasteiger partial charge in [-0.05, 0) is 56.7 Å². The Morgan fingerprint density at radius 2 is 1.91 bits per heavy atom. The summed E-state index contributed by atoms with van der Waals surface area (Å²) in [4.78, 5) is 19.0. The smallest absolute Gasteiger partial charge is 0.254 e. The number of morpholine rings is 1. The van der Waals surface area contributed by atoms with Gasteiger partial charge >= 0.3 is 0 Å². The largest absolute Gasteiger partial charge is 0.396 e. The zero-order valence-corrected chi connectivity index (χ0v) is 20.4. The molecule has 5 nitrogen and oxygen atoms in total. The van der Waals surface area contributed by atoms with E-state index in [-0.39, 0.29) is 23.7 Å². The highest BCUT2D eigenvalue weighted by Crippen LogP contribution is 2.37. The minimum atomic E-state index is -0.349. The number of hydrogen-bond acceptors (Lipinski definition) is 5. The normalized spacial score (nSPS) is 20.6. The predicted octanol–water partition coefficient (Wildman–Crippen LogP) is 4.13. The average Bonchev–Trinajstić information content (AvgIpc) is 3.24. The van der Waals surface area contributed by atoms with Crippen molar-refractivity contribution in [1.29, 1.82) is 0 Å². The molecule has 0 unspecified atom stereocenters. The summed E-state index contributed by atoms with van der Waals surface area (Å²) in [6.07, 6.45) is 3.53. The number of aliphatic hydroxyl groups excluding tert-OH is 1. The van der Waals surface area contributed by atoms with Crippen LogP contribution < -0.4 is 0 Å². The minimum absolute atomic E-state index is 0.139. The van der Waals surface area contributed by atoms with Gasteiger partial charge in [0, 0.05) is 43.0 Å². The summed E-state index contributed by atoms with van der Waals surface area (Å²) in [5, 5.41) is 11.2. The standard InChI is InChI=1S/C26H36N2O3S/c1-4-23-15-22(17-32-23)24(30)28-18-25(2,3)31-26(19-28)9-11-27(12-10-26)16-21-7-5-6-20(14-21)8-13-29/h5-7,14-15,17,29H,4,8-13,16,18-19H2,1-3H3. The van der Waals surface area contributed by atoms with Gasteiger partial charge in [0.25, 0.3) is 5.91 Å². The van der Waals surface area contributed by atoms with Crippen LogP contribution in [0.5, 0.6) is 0 Å². The number of rotatable bonds is 6. The monoisotopic (exact) mass is 456 g/mol. The Kier molecular flexibility index (Phi) is 7.06. The lowest BCUT2D eigenvalue weighted by atomic mass is 9.86. The van der Waals surface area contributed by atoms with Crippen molar-refractivity contribution in [2.45, 2.75) is 64.2 Å². The molecule has 2 saturated heterocycles. The van der Waals surface area contributed by atoms with Gasteiger partial charge in [-0.25, -0.2) is 0 Å². The van der Waals surface area contributed by atoms with E-state index < -0.39 is 0 Å². The molecule has 0 aliphatic carbocycles. The highest BCUT2D eigenvalue weighted by Gasteiger charge is 2.47. The molecule has 0 bridgehead atoms. The second kappa shape index (κ2) is 9.64. The van der Waals surface area contributed by atoms with Crippen LogP contribution in [0.25, 0.3) is 0 Å². The number of carbonyl (C=O) groups is 1. The molecular formula is C26H36N2O3S. The molecule has 2 fully saturated rings. The lowest BCUT2D eigenvalue weighted by molar-refractivity contribution is -0.205. The van der Waals surface area contributed by atoms with E-state index in [1.54, 1.807) is 11.3 Å². The number of amides is 1. The molecule has 0 atom stereocenters. The zero-order valence-electron chi connectivity index (χ0n) is 19.6. The van der Waals surface area contributed by atoms with E-state index in [0.29, 0.717) is 19.5 Å². The Hall–Kier alpha value is -1.73. The average molecular weight is 457 g/mol. The maximum absolute atomic E-state index is 13.3. The summed E-state index contributed by atoms with van der Waals surface area (Å²) < 4.78 is 6.65. The van der Waals surface area contributed by atoms with Gasteiger partial charge in [-0.1, -0.05) is 31.2 Å². The van der Waals surface area contributed by atoms with Gasteiger partial charge in [-0.3, -0.25) is 9.69 Å². The summed E-state index contributed by atoms with van der Waals surface area (Å²) in [5.41, 5.74) is 2.68. The van der Waals surface area contributed by atoms with Crippen LogP contribution in [0.2, 0.25) is 0 Å². The Balaban J connectivity index is 1.41. The van der Waals surface area contributed by atoms with E-state index in [2.05, 4.69) is 56.0 Å². The number of benzene rings is 1. The van der Waals surface area contributed by atoms with Crippen molar-refractivity contribution in [3.63, 3.8) is 0 Å². The molecule has 3 heterocycles. The SMILES string of the molecule is CCc1cc(C(=O)N2CC(C)(C)OC3(CCN(Cc4cccc(CCO)c4)CC3)C2)cs1.